The van der Waals surface area contributed by atoms with Crippen LogP contribution in [0.1, 0.15) is 0 Å². The molecule has 288 valence electrons. The van der Waals surface area contributed by atoms with Gasteiger partial charge in [0.1, 0.15) is 0 Å². The molecule has 3 rings (SSSR count). The molecule has 0 radical (unpaired) electrons. The van der Waals surface area contributed by atoms with Crippen molar-refractivity contribution in [3.05, 3.63) is 60.8 Å². The third-order valence-electron chi connectivity index (χ3n) is 4.54. The normalized spacial score (nSPS) is 14.6. The van der Waals surface area contributed by atoms with Crippen molar-refractivity contribution in [2.24, 2.45) is 22.9 Å². The summed E-state index contributed by atoms with van der Waals surface area (Å²) in [6, 6.07) is 0. The zero-order valence-electron chi connectivity index (χ0n) is 25.6. The number of thiocarbonyl (C=S) groups is 2. The Morgan fingerprint density at radius 2 is 0.440 bits per heavy atom. The van der Waals surface area contributed by atoms with Crippen molar-refractivity contribution in [3.8, 4) is 0 Å². The Kier molecular flexibility index (Phi) is 32.6. The van der Waals surface area contributed by atoms with Crippen LogP contribution >= 0.6 is 115 Å². The van der Waals surface area contributed by atoms with Gasteiger partial charge in [-0.05, 0) is 115 Å². The second-order valence-electron chi connectivity index (χ2n) is 8.25. The second kappa shape index (κ2) is 31.3. The zero-order chi connectivity index (χ0) is 38.8. The fourth-order valence-corrected chi connectivity index (χ4v) is 4.37. The molecule has 0 aliphatic carbocycles. The maximum atomic E-state index is 12.6. The van der Waals surface area contributed by atoms with Crippen LogP contribution in [0.25, 0.3) is 0 Å². The summed E-state index contributed by atoms with van der Waals surface area (Å²) < 4.78 is 131. The molecule has 0 aromatic heterocycles. The first-order chi connectivity index (χ1) is 23.4. The van der Waals surface area contributed by atoms with E-state index < -0.39 is 46.5 Å². The average molecular weight is 1220 g/mol. The lowest BCUT2D eigenvalue weighted by Crippen LogP contribution is -2.18. The fourth-order valence-electron chi connectivity index (χ4n) is 2.48. The number of ether oxygens (including phenoxy) is 6. The fraction of sp³-hybridized carbons (Fsp3) is 0.462. The molecule has 2 aromatic rings. The molecule has 1 heterocycles. The molecule has 10 nitrogen and oxygen atoms in total. The predicted molar refractivity (Wildman–Crippen MR) is 210 cm³/mol. The Balaban J connectivity index is 0. The maximum Gasteiger partial charge on any atom is 0.198 e. The summed E-state index contributed by atoms with van der Waals surface area (Å²) >= 11 is 13.8. The highest BCUT2D eigenvalue weighted by atomic mass is 127. The Bertz CT molecular complexity index is 964. The Hall–Kier alpha value is -0.0600. The number of rotatable bonds is 0. The van der Waals surface area contributed by atoms with Gasteiger partial charge in [-0.1, -0.05) is 0 Å². The number of hydrogen-bond donors (Lipinski definition) is 4. The highest BCUT2D eigenvalue weighted by Gasteiger charge is 2.23. The Morgan fingerprint density at radius 1 is 0.340 bits per heavy atom. The molecule has 24 heteroatoms. The highest BCUT2D eigenvalue weighted by molar-refractivity contribution is 14.1. The van der Waals surface area contributed by atoms with Crippen LogP contribution in [0.4, 0.5) is 35.1 Å². The summed E-state index contributed by atoms with van der Waals surface area (Å²) in [4.78, 5) is 0. The van der Waals surface area contributed by atoms with Crippen molar-refractivity contribution in [3.63, 3.8) is 0 Å². The van der Waals surface area contributed by atoms with Crippen molar-refractivity contribution in [2.75, 3.05) is 79.3 Å². The van der Waals surface area contributed by atoms with Crippen molar-refractivity contribution >= 4 is 125 Å². The first kappa shape index (κ1) is 52.0. The van der Waals surface area contributed by atoms with E-state index in [-0.39, 0.29) is 24.5 Å². The summed E-state index contributed by atoms with van der Waals surface area (Å²) in [5, 5.41) is 0.000000000000000444. The molecule has 0 spiro atoms. The molecule has 0 bridgehead atoms. The van der Waals surface area contributed by atoms with Crippen LogP contribution in [-0.4, -0.2) is 89.5 Å². The van der Waals surface area contributed by atoms with E-state index in [1.54, 1.807) is 0 Å². The number of hydrogen-bond acceptors (Lipinski definition) is 8. The Morgan fingerprint density at radius 3 is 0.540 bits per heavy atom. The molecule has 2 aromatic carbocycles. The average Bonchev–Trinajstić information content (AvgIpc) is 3.06. The molecule has 0 unspecified atom stereocenters. The van der Waals surface area contributed by atoms with Gasteiger partial charge in [-0.25, -0.2) is 35.1 Å². The topological polar surface area (TPSA) is 159 Å². The van der Waals surface area contributed by atoms with E-state index in [9.17, 15) is 35.1 Å². The molecule has 0 amide bonds. The minimum absolute atomic E-state index is 0.000000000000000222. The van der Waals surface area contributed by atoms with Crippen LogP contribution in [0.3, 0.4) is 0 Å². The maximum absolute atomic E-state index is 12.6. The summed E-state index contributed by atoms with van der Waals surface area (Å²) in [6.45, 7) is 7.04. The van der Waals surface area contributed by atoms with Gasteiger partial charge < -0.3 is 51.4 Å². The highest BCUT2D eigenvalue weighted by Crippen LogP contribution is 2.27. The third-order valence-corrected chi connectivity index (χ3v) is 10.7. The van der Waals surface area contributed by atoms with Crippen molar-refractivity contribution < 1.29 is 63.5 Å². The van der Waals surface area contributed by atoms with Crippen LogP contribution in [0, 0.1) is 60.8 Å². The van der Waals surface area contributed by atoms with Crippen LogP contribution in [0.5, 0.6) is 0 Å². The standard InChI is InChI=1S/C12H24O6.2C6F4I2.2CH4N2S/c1-2-14-5-6-16-9-10-18-12-11-17-8-7-15-4-3-13-1;2*7-1-2(8)4(10)6(12)5(11)3(1)9;2*2-1(3)4/h1-12H2;;;2*(H4,2,3,4). The molecule has 1 saturated heterocycles. The predicted octanol–water partition coefficient (Wildman–Crippen LogP) is 5.38. The second-order valence-corrected chi connectivity index (χ2v) is 13.5. The summed E-state index contributed by atoms with van der Waals surface area (Å²) in [6.07, 6.45) is 0. The molecule has 50 heavy (non-hydrogen) atoms. The van der Waals surface area contributed by atoms with E-state index in [2.05, 4.69) is 47.4 Å². The SMILES string of the molecule is C1COCCOCCOCCOCCOCCO1.Fc1c(F)c(F)c(I)c(I)c1F.Fc1c(F)c(F)c(I)c(I)c1F.NC(N)=S.NC(N)=S. The monoisotopic (exact) mass is 1220 g/mol. The molecular weight excluding hydrogens is 1190 g/mol. The molecule has 0 saturated carbocycles. The van der Waals surface area contributed by atoms with Gasteiger partial charge in [0.25, 0.3) is 0 Å². The third kappa shape index (κ3) is 24.3. The molecule has 1 aliphatic heterocycles. The van der Waals surface area contributed by atoms with E-state index >= 15 is 0 Å². The molecular formula is C26H32F8I4N4O6S2. The largest absolute Gasteiger partial charge is 0.377 e. The van der Waals surface area contributed by atoms with E-state index in [0.717, 1.165) is 0 Å². The van der Waals surface area contributed by atoms with Gasteiger partial charge in [0.2, 0.25) is 0 Å². The van der Waals surface area contributed by atoms with Crippen molar-refractivity contribution in [1.29, 1.82) is 0 Å². The van der Waals surface area contributed by atoms with Crippen molar-refractivity contribution in [2.45, 2.75) is 0 Å². The van der Waals surface area contributed by atoms with E-state index in [0.29, 0.717) is 79.3 Å². The lowest BCUT2D eigenvalue weighted by atomic mass is 10.3. The lowest BCUT2D eigenvalue weighted by Gasteiger charge is -2.09. The number of halogens is 12. The molecule has 8 N–H and O–H groups in total. The smallest absolute Gasteiger partial charge is 0.198 e. The van der Waals surface area contributed by atoms with Gasteiger partial charge in [-0.15, -0.1) is 0 Å². The number of nitrogens with two attached hydrogens (primary N) is 4. The van der Waals surface area contributed by atoms with Gasteiger partial charge in [0.05, 0.1) is 93.6 Å². The van der Waals surface area contributed by atoms with E-state index in [1.807, 2.05) is 0 Å². The van der Waals surface area contributed by atoms with Gasteiger partial charge in [0, 0.05) is 0 Å². The summed E-state index contributed by atoms with van der Waals surface area (Å²) in [7, 11) is 0. The van der Waals surface area contributed by atoms with Gasteiger partial charge in [0.15, 0.2) is 56.8 Å². The first-order valence-corrected chi connectivity index (χ1v) is 18.4. The van der Waals surface area contributed by atoms with Crippen LogP contribution in [0.15, 0.2) is 0 Å². The van der Waals surface area contributed by atoms with Gasteiger partial charge >= 0.3 is 0 Å². The quantitative estimate of drug-likeness (QED) is 0.0880. The minimum atomic E-state index is -1.77. The number of benzene rings is 2. The van der Waals surface area contributed by atoms with Crippen LogP contribution in [-0.2, 0) is 28.4 Å². The van der Waals surface area contributed by atoms with Crippen molar-refractivity contribution in [1.82, 2.24) is 0 Å². The zero-order valence-corrected chi connectivity index (χ0v) is 35.9. The summed E-state index contributed by atoms with van der Waals surface area (Å²) in [5.41, 5.74) is 18.5. The van der Waals surface area contributed by atoms with Crippen LogP contribution in [0.2, 0.25) is 0 Å². The van der Waals surface area contributed by atoms with Gasteiger partial charge in [-0.3, -0.25) is 0 Å². The Labute approximate surface area is 348 Å². The first-order valence-electron chi connectivity index (χ1n) is 13.3. The van der Waals surface area contributed by atoms with Crippen LogP contribution < -0.4 is 22.9 Å². The molecule has 1 fully saturated rings. The summed E-state index contributed by atoms with van der Waals surface area (Å²) in [5.74, 6) is -12.5. The van der Waals surface area contributed by atoms with E-state index in [1.165, 1.54) is 90.4 Å². The lowest BCUT2D eigenvalue weighted by molar-refractivity contribution is -0.0334. The minimum Gasteiger partial charge on any atom is -0.377 e. The van der Waals surface area contributed by atoms with E-state index in [4.69, 9.17) is 28.4 Å². The van der Waals surface area contributed by atoms with Gasteiger partial charge in [-0.2, -0.15) is 0 Å². The molecule has 0 atom stereocenters. The molecule has 1 aliphatic rings.